The van der Waals surface area contributed by atoms with Crippen molar-refractivity contribution < 1.29 is 19.4 Å². The standard InChI is InChI=1S/C16H15NO4/c1-21-16(20)17-10-11-6-2-3-7-12(11)13-8-4-5-9-14(13)15(18)19/h2-9H,10H2,1H3,(H,17,20)(H,18,19). The summed E-state index contributed by atoms with van der Waals surface area (Å²) in [5, 5.41) is 11.9. The number of carbonyl (C=O) groups excluding carboxylic acids is 1. The Hall–Kier alpha value is -2.82. The Labute approximate surface area is 122 Å². The van der Waals surface area contributed by atoms with Gasteiger partial charge in [-0.25, -0.2) is 9.59 Å². The Kier molecular flexibility index (Phi) is 4.56. The van der Waals surface area contributed by atoms with Gasteiger partial charge in [0.1, 0.15) is 0 Å². The van der Waals surface area contributed by atoms with E-state index < -0.39 is 12.1 Å². The minimum atomic E-state index is -0.985. The number of hydrogen-bond donors (Lipinski definition) is 2. The molecule has 0 aliphatic heterocycles. The number of methoxy groups -OCH3 is 1. The molecule has 2 N–H and O–H groups in total. The van der Waals surface area contributed by atoms with Gasteiger partial charge >= 0.3 is 12.1 Å². The third-order valence-corrected chi connectivity index (χ3v) is 3.07. The van der Waals surface area contributed by atoms with E-state index in [1.165, 1.54) is 7.11 Å². The third-order valence-electron chi connectivity index (χ3n) is 3.07. The van der Waals surface area contributed by atoms with Gasteiger partial charge in [0.25, 0.3) is 0 Å². The molecule has 0 heterocycles. The second kappa shape index (κ2) is 6.56. The second-order valence-electron chi connectivity index (χ2n) is 4.35. The first-order valence-corrected chi connectivity index (χ1v) is 6.36. The smallest absolute Gasteiger partial charge is 0.407 e. The second-order valence-corrected chi connectivity index (χ2v) is 4.35. The summed E-state index contributed by atoms with van der Waals surface area (Å²) in [6, 6.07) is 14.1. The van der Waals surface area contributed by atoms with Crippen LogP contribution in [0.15, 0.2) is 48.5 Å². The molecule has 0 unspecified atom stereocenters. The van der Waals surface area contributed by atoms with Gasteiger partial charge < -0.3 is 15.2 Å². The van der Waals surface area contributed by atoms with Gasteiger partial charge in [-0.3, -0.25) is 0 Å². The maximum Gasteiger partial charge on any atom is 0.407 e. The van der Waals surface area contributed by atoms with E-state index in [2.05, 4.69) is 10.1 Å². The topological polar surface area (TPSA) is 75.6 Å². The van der Waals surface area contributed by atoms with Crippen molar-refractivity contribution in [3.63, 3.8) is 0 Å². The summed E-state index contributed by atoms with van der Waals surface area (Å²) in [5.41, 5.74) is 2.43. The van der Waals surface area contributed by atoms with Crippen LogP contribution in [0.4, 0.5) is 4.79 Å². The van der Waals surface area contributed by atoms with Crippen LogP contribution < -0.4 is 5.32 Å². The SMILES string of the molecule is COC(=O)NCc1ccccc1-c1ccccc1C(=O)O. The Balaban J connectivity index is 2.41. The number of carboxylic acids is 1. The monoisotopic (exact) mass is 285 g/mol. The van der Waals surface area contributed by atoms with Gasteiger partial charge in [-0.1, -0.05) is 42.5 Å². The average molecular weight is 285 g/mol. The molecule has 2 rings (SSSR count). The van der Waals surface area contributed by atoms with Gasteiger partial charge in [0.05, 0.1) is 12.7 Å². The molecule has 21 heavy (non-hydrogen) atoms. The first-order valence-electron chi connectivity index (χ1n) is 6.36. The minimum Gasteiger partial charge on any atom is -0.478 e. The molecule has 0 spiro atoms. The first kappa shape index (κ1) is 14.6. The summed E-state index contributed by atoms with van der Waals surface area (Å²) in [6.45, 7) is 0.261. The summed E-state index contributed by atoms with van der Waals surface area (Å²) >= 11 is 0. The quantitative estimate of drug-likeness (QED) is 0.905. The van der Waals surface area contributed by atoms with Crippen LogP contribution in [-0.4, -0.2) is 24.3 Å². The lowest BCUT2D eigenvalue weighted by atomic mass is 9.95. The summed E-state index contributed by atoms with van der Waals surface area (Å²) in [7, 11) is 1.29. The predicted octanol–water partition coefficient (Wildman–Crippen LogP) is 2.91. The van der Waals surface area contributed by atoms with Crippen molar-refractivity contribution in [3.05, 3.63) is 59.7 Å². The number of aromatic carboxylic acids is 1. The lowest BCUT2D eigenvalue weighted by Crippen LogP contribution is -2.22. The lowest BCUT2D eigenvalue weighted by Gasteiger charge is -2.12. The van der Waals surface area contributed by atoms with Crippen molar-refractivity contribution in [1.82, 2.24) is 5.32 Å². The van der Waals surface area contributed by atoms with Crippen LogP contribution in [0.25, 0.3) is 11.1 Å². The van der Waals surface area contributed by atoms with Crippen LogP contribution in [0.2, 0.25) is 0 Å². The van der Waals surface area contributed by atoms with Gasteiger partial charge in [-0.2, -0.15) is 0 Å². The zero-order chi connectivity index (χ0) is 15.2. The Bertz CT molecular complexity index is 667. The normalized spacial score (nSPS) is 9.95. The van der Waals surface area contributed by atoms with Crippen molar-refractivity contribution in [1.29, 1.82) is 0 Å². The molecule has 0 fully saturated rings. The molecule has 108 valence electrons. The summed E-state index contributed by atoms with van der Waals surface area (Å²) < 4.78 is 4.54. The number of ether oxygens (including phenoxy) is 1. The van der Waals surface area contributed by atoms with E-state index in [4.69, 9.17) is 0 Å². The zero-order valence-electron chi connectivity index (χ0n) is 11.5. The molecule has 2 aromatic rings. The van der Waals surface area contributed by atoms with Crippen molar-refractivity contribution in [2.45, 2.75) is 6.54 Å². The highest BCUT2D eigenvalue weighted by Crippen LogP contribution is 2.27. The molecule has 0 aliphatic carbocycles. The number of alkyl carbamates (subject to hydrolysis) is 1. The number of rotatable bonds is 4. The highest BCUT2D eigenvalue weighted by Gasteiger charge is 2.13. The lowest BCUT2D eigenvalue weighted by molar-refractivity contribution is 0.0697. The van der Waals surface area contributed by atoms with E-state index in [1.807, 2.05) is 24.3 Å². The molecule has 0 bridgehead atoms. The summed E-state index contributed by atoms with van der Waals surface area (Å²) in [4.78, 5) is 22.5. The van der Waals surface area contributed by atoms with Crippen LogP contribution in [0.5, 0.6) is 0 Å². The molecule has 5 nitrogen and oxygen atoms in total. The summed E-state index contributed by atoms with van der Waals surface area (Å²) in [5.74, 6) is -0.985. The van der Waals surface area contributed by atoms with E-state index in [9.17, 15) is 14.7 Å². The molecular weight excluding hydrogens is 270 g/mol. The molecule has 0 radical (unpaired) electrons. The maximum absolute atomic E-state index is 11.3. The van der Waals surface area contributed by atoms with E-state index in [-0.39, 0.29) is 12.1 Å². The highest BCUT2D eigenvalue weighted by molar-refractivity contribution is 5.96. The van der Waals surface area contributed by atoms with Gasteiger partial charge in [0.15, 0.2) is 0 Å². The van der Waals surface area contributed by atoms with Gasteiger partial charge in [0.2, 0.25) is 0 Å². The molecule has 5 heteroatoms. The minimum absolute atomic E-state index is 0.225. The first-order chi connectivity index (χ1) is 10.1. The number of nitrogens with one attached hydrogen (secondary N) is 1. The van der Waals surface area contributed by atoms with Crippen LogP contribution in [0.1, 0.15) is 15.9 Å². The Morgan fingerprint density at radius 2 is 1.67 bits per heavy atom. The molecule has 0 aromatic heterocycles. The number of carboxylic acid groups (broad SMARTS) is 1. The number of carbonyl (C=O) groups is 2. The molecule has 0 saturated heterocycles. The van der Waals surface area contributed by atoms with Gasteiger partial charge in [-0.05, 0) is 22.8 Å². The van der Waals surface area contributed by atoms with Crippen molar-refractivity contribution in [2.24, 2.45) is 0 Å². The van der Waals surface area contributed by atoms with E-state index >= 15 is 0 Å². The van der Waals surface area contributed by atoms with E-state index in [0.717, 1.165) is 11.1 Å². The molecule has 1 amide bonds. The van der Waals surface area contributed by atoms with Gasteiger partial charge in [0, 0.05) is 6.54 Å². The molecule has 2 aromatic carbocycles. The molecule has 0 saturated carbocycles. The fourth-order valence-corrected chi connectivity index (χ4v) is 2.08. The van der Waals surface area contributed by atoms with E-state index in [0.29, 0.717) is 5.56 Å². The van der Waals surface area contributed by atoms with Crippen molar-refractivity contribution in [2.75, 3.05) is 7.11 Å². The van der Waals surface area contributed by atoms with Crippen LogP contribution in [0, 0.1) is 0 Å². The Morgan fingerprint density at radius 1 is 1.05 bits per heavy atom. The average Bonchev–Trinajstić information content (AvgIpc) is 2.52. The predicted molar refractivity (Wildman–Crippen MR) is 78.1 cm³/mol. The van der Waals surface area contributed by atoms with Crippen LogP contribution in [0.3, 0.4) is 0 Å². The number of amides is 1. The van der Waals surface area contributed by atoms with Crippen molar-refractivity contribution in [3.8, 4) is 11.1 Å². The third kappa shape index (κ3) is 3.39. The van der Waals surface area contributed by atoms with Crippen molar-refractivity contribution >= 4 is 12.1 Å². The Morgan fingerprint density at radius 3 is 2.33 bits per heavy atom. The fourth-order valence-electron chi connectivity index (χ4n) is 2.08. The number of benzene rings is 2. The highest BCUT2D eigenvalue weighted by atomic mass is 16.5. The summed E-state index contributed by atoms with van der Waals surface area (Å²) in [6.07, 6.45) is -0.531. The van der Waals surface area contributed by atoms with Crippen LogP contribution >= 0.6 is 0 Å². The van der Waals surface area contributed by atoms with Crippen LogP contribution in [-0.2, 0) is 11.3 Å². The largest absolute Gasteiger partial charge is 0.478 e. The molecule has 0 aliphatic rings. The molecular formula is C16H15NO4. The van der Waals surface area contributed by atoms with Gasteiger partial charge in [-0.15, -0.1) is 0 Å². The zero-order valence-corrected chi connectivity index (χ0v) is 11.5. The molecule has 0 atom stereocenters. The fraction of sp³-hybridized carbons (Fsp3) is 0.125. The maximum atomic E-state index is 11.3. The van der Waals surface area contributed by atoms with E-state index in [1.54, 1.807) is 24.3 Å². The number of hydrogen-bond acceptors (Lipinski definition) is 3.